The molecule has 5 heteroatoms. The van der Waals surface area contributed by atoms with E-state index in [0.717, 1.165) is 10.0 Å². The molecule has 0 aliphatic heterocycles. The fourth-order valence-electron chi connectivity index (χ4n) is 1.35. The van der Waals surface area contributed by atoms with E-state index in [4.69, 9.17) is 10.5 Å². The minimum absolute atomic E-state index is 0.343. The lowest BCUT2D eigenvalue weighted by atomic mass is 10.1. The zero-order valence-corrected chi connectivity index (χ0v) is 10.2. The molecule has 1 aromatic carbocycles. The Bertz CT molecular complexity index is 516. The van der Waals surface area contributed by atoms with Crippen LogP contribution in [0.1, 0.15) is 0 Å². The highest BCUT2D eigenvalue weighted by molar-refractivity contribution is 9.10. The van der Waals surface area contributed by atoms with E-state index < -0.39 is 0 Å². The van der Waals surface area contributed by atoms with Gasteiger partial charge < -0.3 is 10.5 Å². The van der Waals surface area contributed by atoms with Gasteiger partial charge >= 0.3 is 0 Å². The van der Waals surface area contributed by atoms with E-state index in [-0.39, 0.29) is 0 Å². The van der Waals surface area contributed by atoms with Gasteiger partial charge in [0.25, 0.3) is 5.88 Å². The lowest BCUT2D eigenvalue weighted by Crippen LogP contribution is -1.98. The van der Waals surface area contributed by atoms with E-state index in [0.29, 0.717) is 17.3 Å². The van der Waals surface area contributed by atoms with E-state index in [1.807, 2.05) is 24.3 Å². The summed E-state index contributed by atoms with van der Waals surface area (Å²) in [5.41, 5.74) is 7.91. The van der Waals surface area contributed by atoms with Gasteiger partial charge in [-0.2, -0.15) is 0 Å². The number of hydrogen-bond donors (Lipinski definition) is 1. The van der Waals surface area contributed by atoms with Crippen molar-refractivity contribution in [1.29, 1.82) is 0 Å². The van der Waals surface area contributed by atoms with Gasteiger partial charge in [-0.15, -0.1) is 10.2 Å². The quantitative estimate of drug-likeness (QED) is 0.918. The molecule has 0 fully saturated rings. The molecule has 0 aliphatic carbocycles. The number of aromatic nitrogens is 2. The molecule has 2 rings (SSSR count). The molecule has 0 unspecified atom stereocenters. The van der Waals surface area contributed by atoms with Crippen molar-refractivity contribution < 1.29 is 4.74 Å². The van der Waals surface area contributed by atoms with Crippen molar-refractivity contribution in [1.82, 2.24) is 10.2 Å². The monoisotopic (exact) mass is 279 g/mol. The third-order valence-electron chi connectivity index (χ3n) is 2.13. The molecule has 4 nitrogen and oxygen atoms in total. The van der Waals surface area contributed by atoms with Gasteiger partial charge in [0.05, 0.1) is 18.5 Å². The molecule has 0 radical (unpaired) electrons. The Kier molecular flexibility index (Phi) is 3.05. The largest absolute Gasteiger partial charge is 0.478 e. The van der Waals surface area contributed by atoms with Gasteiger partial charge in [0.1, 0.15) is 0 Å². The SMILES string of the molecule is COc1nnc(-c2ccccc2Br)cc1N. The average Bonchev–Trinajstić information content (AvgIpc) is 2.29. The maximum Gasteiger partial charge on any atom is 0.256 e. The average molecular weight is 280 g/mol. The Morgan fingerprint density at radius 1 is 1.25 bits per heavy atom. The van der Waals surface area contributed by atoms with Gasteiger partial charge in [-0.05, 0) is 12.1 Å². The fraction of sp³-hybridized carbons (Fsp3) is 0.0909. The maximum absolute atomic E-state index is 5.78. The van der Waals surface area contributed by atoms with Gasteiger partial charge in [-0.3, -0.25) is 0 Å². The van der Waals surface area contributed by atoms with E-state index in [2.05, 4.69) is 26.1 Å². The molecule has 0 aliphatic rings. The van der Waals surface area contributed by atoms with Crippen LogP contribution in [0.5, 0.6) is 5.88 Å². The van der Waals surface area contributed by atoms with E-state index >= 15 is 0 Å². The Balaban J connectivity index is 2.50. The minimum atomic E-state index is 0.343. The number of nitrogen functional groups attached to an aromatic ring is 1. The van der Waals surface area contributed by atoms with Crippen LogP contribution >= 0.6 is 15.9 Å². The number of ether oxygens (including phenoxy) is 1. The predicted octanol–water partition coefficient (Wildman–Crippen LogP) is 2.50. The van der Waals surface area contributed by atoms with Crippen LogP contribution in [0.25, 0.3) is 11.3 Å². The molecule has 0 amide bonds. The second-order valence-corrected chi connectivity index (χ2v) is 4.03. The van der Waals surface area contributed by atoms with Crippen LogP contribution in [0.15, 0.2) is 34.8 Å². The summed E-state index contributed by atoms with van der Waals surface area (Å²) in [7, 11) is 1.51. The number of rotatable bonds is 2. The number of nitrogens with zero attached hydrogens (tertiary/aromatic N) is 2. The van der Waals surface area contributed by atoms with Crippen molar-refractivity contribution in [3.05, 3.63) is 34.8 Å². The molecule has 0 atom stereocenters. The molecular formula is C11H10BrN3O. The molecule has 82 valence electrons. The number of benzene rings is 1. The molecule has 16 heavy (non-hydrogen) atoms. The van der Waals surface area contributed by atoms with Crippen LogP contribution in [0.3, 0.4) is 0 Å². The highest BCUT2D eigenvalue weighted by atomic mass is 79.9. The summed E-state index contributed by atoms with van der Waals surface area (Å²) >= 11 is 3.45. The molecule has 1 aromatic heterocycles. The molecule has 0 bridgehead atoms. The zero-order chi connectivity index (χ0) is 11.5. The normalized spacial score (nSPS) is 10.1. The predicted molar refractivity (Wildman–Crippen MR) is 66.1 cm³/mol. The molecule has 0 saturated heterocycles. The molecule has 2 N–H and O–H groups in total. The number of hydrogen-bond acceptors (Lipinski definition) is 4. The highest BCUT2D eigenvalue weighted by Crippen LogP contribution is 2.28. The van der Waals surface area contributed by atoms with Crippen LogP contribution in [0.4, 0.5) is 5.69 Å². The van der Waals surface area contributed by atoms with Gasteiger partial charge in [-0.25, -0.2) is 0 Å². The first-order chi connectivity index (χ1) is 7.72. The van der Waals surface area contributed by atoms with Crippen LogP contribution in [-0.2, 0) is 0 Å². The van der Waals surface area contributed by atoms with Crippen LogP contribution < -0.4 is 10.5 Å². The second kappa shape index (κ2) is 4.49. The Labute approximate surface area is 102 Å². The topological polar surface area (TPSA) is 61.0 Å². The van der Waals surface area contributed by atoms with Gasteiger partial charge in [-0.1, -0.05) is 34.1 Å². The van der Waals surface area contributed by atoms with Crippen molar-refractivity contribution in [3.8, 4) is 17.1 Å². The smallest absolute Gasteiger partial charge is 0.256 e. The molecule has 2 aromatic rings. The number of halogens is 1. The third kappa shape index (κ3) is 1.99. The van der Waals surface area contributed by atoms with E-state index in [1.54, 1.807) is 6.07 Å². The lowest BCUT2D eigenvalue weighted by Gasteiger charge is -2.06. The molecular weight excluding hydrogens is 270 g/mol. The van der Waals surface area contributed by atoms with Crippen LogP contribution in [0, 0.1) is 0 Å². The van der Waals surface area contributed by atoms with Crippen LogP contribution in [0.2, 0.25) is 0 Å². The summed E-state index contributed by atoms with van der Waals surface area (Å²) in [6, 6.07) is 9.50. The Hall–Kier alpha value is -1.62. The van der Waals surface area contributed by atoms with E-state index in [9.17, 15) is 0 Å². The zero-order valence-electron chi connectivity index (χ0n) is 8.64. The van der Waals surface area contributed by atoms with Gasteiger partial charge in [0.15, 0.2) is 0 Å². The number of methoxy groups -OCH3 is 1. The van der Waals surface area contributed by atoms with Crippen molar-refractivity contribution >= 4 is 21.6 Å². The van der Waals surface area contributed by atoms with Crippen molar-refractivity contribution in [3.63, 3.8) is 0 Å². The summed E-state index contributed by atoms with van der Waals surface area (Å²) in [6.45, 7) is 0. The summed E-state index contributed by atoms with van der Waals surface area (Å²) in [6.07, 6.45) is 0. The summed E-state index contributed by atoms with van der Waals surface area (Å²) in [5, 5.41) is 7.95. The first-order valence-electron chi connectivity index (χ1n) is 4.64. The third-order valence-corrected chi connectivity index (χ3v) is 2.82. The molecule has 0 spiro atoms. The summed E-state index contributed by atoms with van der Waals surface area (Å²) in [5.74, 6) is 0.343. The maximum atomic E-state index is 5.78. The molecule has 1 heterocycles. The summed E-state index contributed by atoms with van der Waals surface area (Å²) in [4.78, 5) is 0. The summed E-state index contributed by atoms with van der Waals surface area (Å²) < 4.78 is 5.91. The fourth-order valence-corrected chi connectivity index (χ4v) is 1.84. The first kappa shape index (κ1) is 10.9. The van der Waals surface area contributed by atoms with Crippen LogP contribution in [-0.4, -0.2) is 17.3 Å². The van der Waals surface area contributed by atoms with Crippen molar-refractivity contribution in [2.75, 3.05) is 12.8 Å². The molecule has 0 saturated carbocycles. The number of nitrogens with two attached hydrogens (primary N) is 1. The van der Waals surface area contributed by atoms with Crippen molar-refractivity contribution in [2.45, 2.75) is 0 Å². The second-order valence-electron chi connectivity index (χ2n) is 3.17. The van der Waals surface area contributed by atoms with Gasteiger partial charge in [0, 0.05) is 10.0 Å². The Morgan fingerprint density at radius 3 is 2.62 bits per heavy atom. The Morgan fingerprint density at radius 2 is 2.00 bits per heavy atom. The highest BCUT2D eigenvalue weighted by Gasteiger charge is 2.08. The van der Waals surface area contributed by atoms with Gasteiger partial charge in [0.2, 0.25) is 0 Å². The standard InChI is InChI=1S/C11H10BrN3O/c1-16-11-9(13)6-10(14-15-11)7-4-2-3-5-8(7)12/h2-6H,1H3,(H2,13,14). The minimum Gasteiger partial charge on any atom is -0.478 e. The van der Waals surface area contributed by atoms with E-state index in [1.165, 1.54) is 7.11 Å². The number of anilines is 1. The first-order valence-corrected chi connectivity index (χ1v) is 5.43. The van der Waals surface area contributed by atoms with Crippen molar-refractivity contribution in [2.24, 2.45) is 0 Å². The lowest BCUT2D eigenvalue weighted by molar-refractivity contribution is 0.394.